The normalized spacial score (nSPS) is 20.4. The number of nitrogens with zero attached hydrogens (tertiary/aromatic N) is 3. The number of nitrogens with two attached hydrogens (primary N) is 1. The first-order valence-corrected chi connectivity index (χ1v) is 6.52. The minimum atomic E-state index is 0.348. The number of rotatable bonds is 1. The molecule has 96 valence electrons. The van der Waals surface area contributed by atoms with Crippen LogP contribution < -0.4 is 11.1 Å². The summed E-state index contributed by atoms with van der Waals surface area (Å²) < 4.78 is 1.76. The van der Waals surface area contributed by atoms with Gasteiger partial charge in [0.1, 0.15) is 5.82 Å². The number of aryl methyl sites for hydroxylation is 1. The van der Waals surface area contributed by atoms with E-state index in [2.05, 4.69) is 15.4 Å². The Kier molecular flexibility index (Phi) is 2.70. The number of aromatic nitrogens is 3. The molecule has 1 saturated heterocycles. The summed E-state index contributed by atoms with van der Waals surface area (Å²) in [4.78, 5) is 4.54. The summed E-state index contributed by atoms with van der Waals surface area (Å²) in [6.45, 7) is 5.04. The van der Waals surface area contributed by atoms with E-state index in [-0.39, 0.29) is 0 Å². The van der Waals surface area contributed by atoms with Gasteiger partial charge in [-0.1, -0.05) is 6.42 Å². The third-order valence-corrected chi connectivity index (χ3v) is 3.81. The Hall–Kier alpha value is -1.62. The summed E-state index contributed by atoms with van der Waals surface area (Å²) in [5.74, 6) is 0.694. The number of piperidine rings is 1. The van der Waals surface area contributed by atoms with Crippen molar-refractivity contribution in [2.75, 3.05) is 12.3 Å². The first kappa shape index (κ1) is 11.5. The number of anilines is 1. The van der Waals surface area contributed by atoms with Crippen molar-refractivity contribution in [1.82, 2.24) is 19.9 Å². The highest BCUT2D eigenvalue weighted by Gasteiger charge is 2.19. The van der Waals surface area contributed by atoms with Crippen molar-refractivity contribution in [2.45, 2.75) is 39.2 Å². The zero-order chi connectivity index (χ0) is 12.7. The van der Waals surface area contributed by atoms with Gasteiger partial charge in [-0.15, -0.1) is 0 Å². The molecule has 1 fully saturated rings. The lowest BCUT2D eigenvalue weighted by atomic mass is 10.0. The Morgan fingerprint density at radius 2 is 2.22 bits per heavy atom. The highest BCUT2D eigenvalue weighted by molar-refractivity contribution is 5.53. The Morgan fingerprint density at radius 1 is 1.39 bits per heavy atom. The summed E-state index contributed by atoms with van der Waals surface area (Å²) in [7, 11) is 0. The molecule has 2 aromatic heterocycles. The lowest BCUT2D eigenvalue weighted by Crippen LogP contribution is -2.27. The molecule has 1 aliphatic rings. The largest absolute Gasteiger partial charge is 0.383 e. The topological polar surface area (TPSA) is 68.2 Å². The van der Waals surface area contributed by atoms with Gasteiger partial charge in [-0.25, -0.2) is 4.98 Å². The van der Waals surface area contributed by atoms with Crippen LogP contribution in [0, 0.1) is 13.8 Å². The van der Waals surface area contributed by atoms with Crippen molar-refractivity contribution < 1.29 is 0 Å². The minimum absolute atomic E-state index is 0.348. The quantitative estimate of drug-likeness (QED) is 0.803. The van der Waals surface area contributed by atoms with Crippen LogP contribution in [-0.2, 0) is 0 Å². The highest BCUT2D eigenvalue weighted by Crippen LogP contribution is 2.24. The molecule has 0 bridgehead atoms. The lowest BCUT2D eigenvalue weighted by Gasteiger charge is -2.21. The van der Waals surface area contributed by atoms with Gasteiger partial charge in [0, 0.05) is 17.3 Å². The summed E-state index contributed by atoms with van der Waals surface area (Å²) in [6, 6.07) is 2.40. The molecule has 0 spiro atoms. The Bertz CT molecular complexity index is 581. The molecule has 5 nitrogen and oxygen atoms in total. The predicted molar refractivity (Wildman–Crippen MR) is 71.5 cm³/mol. The number of fused-ring (bicyclic) bond motifs is 1. The molecule has 0 unspecified atom stereocenters. The Labute approximate surface area is 106 Å². The van der Waals surface area contributed by atoms with E-state index >= 15 is 0 Å². The number of hydrogen-bond acceptors (Lipinski definition) is 4. The minimum Gasteiger partial charge on any atom is -0.383 e. The van der Waals surface area contributed by atoms with Crippen molar-refractivity contribution >= 4 is 11.5 Å². The van der Waals surface area contributed by atoms with Crippen molar-refractivity contribution in [2.24, 2.45) is 0 Å². The maximum absolute atomic E-state index is 6.10. The molecular formula is C13H19N5. The fraction of sp³-hybridized carbons (Fsp3) is 0.538. The first-order chi connectivity index (χ1) is 8.66. The number of nitrogens with one attached hydrogen (secondary N) is 1. The van der Waals surface area contributed by atoms with Crippen molar-refractivity contribution in [1.29, 1.82) is 0 Å². The summed E-state index contributed by atoms with van der Waals surface area (Å²) >= 11 is 0. The molecule has 3 rings (SSSR count). The van der Waals surface area contributed by atoms with Gasteiger partial charge in [-0.05, 0) is 33.2 Å². The van der Waals surface area contributed by atoms with Crippen LogP contribution in [0.1, 0.15) is 42.3 Å². The summed E-state index contributed by atoms with van der Waals surface area (Å²) in [6.07, 6.45) is 3.65. The van der Waals surface area contributed by atoms with E-state index in [4.69, 9.17) is 5.73 Å². The van der Waals surface area contributed by atoms with E-state index in [1.165, 1.54) is 12.8 Å². The highest BCUT2D eigenvalue weighted by atomic mass is 15.3. The monoisotopic (exact) mass is 245 g/mol. The molecule has 0 aliphatic carbocycles. The van der Waals surface area contributed by atoms with Crippen LogP contribution >= 0.6 is 0 Å². The van der Waals surface area contributed by atoms with Gasteiger partial charge in [0.2, 0.25) is 0 Å². The molecule has 3 N–H and O–H groups in total. The molecule has 18 heavy (non-hydrogen) atoms. The Morgan fingerprint density at radius 3 is 2.94 bits per heavy atom. The standard InChI is InChI=1S/C13H19N5/c1-8-9(2)16-12-7-11(17-18(12)13(8)14)10-5-3-4-6-15-10/h7,10,15H,3-6,14H2,1-2H3/t10-/m0/s1. The second kappa shape index (κ2) is 4.24. The number of hydrogen-bond donors (Lipinski definition) is 2. The average molecular weight is 245 g/mol. The average Bonchev–Trinajstić information content (AvgIpc) is 2.81. The van der Waals surface area contributed by atoms with Crippen LogP contribution in [0.4, 0.5) is 5.82 Å². The molecule has 0 amide bonds. The van der Waals surface area contributed by atoms with Gasteiger partial charge in [-0.2, -0.15) is 9.61 Å². The van der Waals surface area contributed by atoms with Crippen LogP contribution in [0.25, 0.3) is 5.65 Å². The molecule has 3 heterocycles. The van der Waals surface area contributed by atoms with E-state index in [9.17, 15) is 0 Å². The third-order valence-electron chi connectivity index (χ3n) is 3.81. The third kappa shape index (κ3) is 1.75. The van der Waals surface area contributed by atoms with E-state index in [0.717, 1.165) is 35.6 Å². The molecule has 0 saturated carbocycles. The van der Waals surface area contributed by atoms with Crippen LogP contribution in [0.3, 0.4) is 0 Å². The van der Waals surface area contributed by atoms with Crippen LogP contribution in [0.15, 0.2) is 6.07 Å². The van der Waals surface area contributed by atoms with E-state index in [1.807, 2.05) is 19.9 Å². The van der Waals surface area contributed by atoms with Gasteiger partial charge in [-0.3, -0.25) is 0 Å². The SMILES string of the molecule is Cc1nc2cc([C@@H]3CCCCN3)nn2c(N)c1C. The van der Waals surface area contributed by atoms with E-state index < -0.39 is 0 Å². The predicted octanol–water partition coefficient (Wildman–Crippen LogP) is 1.74. The second-order valence-corrected chi connectivity index (χ2v) is 5.05. The number of nitrogen functional groups attached to an aromatic ring is 1. The van der Waals surface area contributed by atoms with Crippen LogP contribution in [0.2, 0.25) is 0 Å². The zero-order valence-electron chi connectivity index (χ0n) is 10.9. The van der Waals surface area contributed by atoms with Crippen molar-refractivity contribution in [3.8, 4) is 0 Å². The van der Waals surface area contributed by atoms with Crippen LogP contribution in [-0.4, -0.2) is 21.1 Å². The van der Waals surface area contributed by atoms with Gasteiger partial charge in [0.05, 0.1) is 11.7 Å². The maximum atomic E-state index is 6.10. The van der Waals surface area contributed by atoms with E-state index in [0.29, 0.717) is 11.9 Å². The van der Waals surface area contributed by atoms with Gasteiger partial charge in [0.15, 0.2) is 5.65 Å². The zero-order valence-corrected chi connectivity index (χ0v) is 10.9. The van der Waals surface area contributed by atoms with E-state index in [1.54, 1.807) is 4.52 Å². The molecule has 0 aromatic carbocycles. The molecule has 2 aromatic rings. The fourth-order valence-corrected chi connectivity index (χ4v) is 2.52. The van der Waals surface area contributed by atoms with Crippen molar-refractivity contribution in [3.63, 3.8) is 0 Å². The lowest BCUT2D eigenvalue weighted by molar-refractivity contribution is 0.404. The smallest absolute Gasteiger partial charge is 0.157 e. The van der Waals surface area contributed by atoms with Gasteiger partial charge < -0.3 is 11.1 Å². The fourth-order valence-electron chi connectivity index (χ4n) is 2.52. The van der Waals surface area contributed by atoms with Crippen LogP contribution in [0.5, 0.6) is 0 Å². The summed E-state index contributed by atoms with van der Waals surface area (Å²) in [5.41, 5.74) is 9.99. The molecule has 5 heteroatoms. The molecule has 1 atom stereocenters. The Balaban J connectivity index is 2.07. The van der Waals surface area contributed by atoms with Gasteiger partial charge >= 0.3 is 0 Å². The molecule has 1 aliphatic heterocycles. The maximum Gasteiger partial charge on any atom is 0.157 e. The summed E-state index contributed by atoms with van der Waals surface area (Å²) in [5, 5.41) is 8.11. The first-order valence-electron chi connectivity index (χ1n) is 6.52. The van der Waals surface area contributed by atoms with Crippen molar-refractivity contribution in [3.05, 3.63) is 23.0 Å². The van der Waals surface area contributed by atoms with Gasteiger partial charge in [0.25, 0.3) is 0 Å². The second-order valence-electron chi connectivity index (χ2n) is 5.05. The molecule has 0 radical (unpaired) electrons. The molecular weight excluding hydrogens is 226 g/mol.